The SMILES string of the molecule is C1=CNN=NN=N1. The second-order valence-electron chi connectivity index (χ2n) is 0.839. The molecule has 0 bridgehead atoms. The van der Waals surface area contributed by atoms with Gasteiger partial charge in [0.05, 0.1) is 6.20 Å². The molecule has 7 heavy (non-hydrogen) atoms. The largest absolute Gasteiger partial charge is 0.264 e. The maximum atomic E-state index is 3.39. The van der Waals surface area contributed by atoms with Gasteiger partial charge in [0.2, 0.25) is 0 Å². The summed E-state index contributed by atoms with van der Waals surface area (Å²) < 4.78 is 0. The second-order valence-corrected chi connectivity index (χ2v) is 0.839. The molecule has 0 saturated heterocycles. The Kier molecular flexibility index (Phi) is 1.13. The van der Waals surface area contributed by atoms with Gasteiger partial charge in [0.15, 0.2) is 0 Å². The molecule has 5 heteroatoms. The quantitative estimate of drug-likeness (QED) is 0.477. The van der Waals surface area contributed by atoms with E-state index in [1.165, 1.54) is 12.4 Å². The fraction of sp³-hybridized carbons (Fsp3) is 0. The van der Waals surface area contributed by atoms with Gasteiger partial charge in [-0.15, -0.1) is 5.11 Å². The zero-order valence-electron chi connectivity index (χ0n) is 3.44. The summed E-state index contributed by atoms with van der Waals surface area (Å²) in [6.07, 6.45) is 2.99. The molecular weight excluding hydrogens is 94.1 g/mol. The number of rotatable bonds is 0. The summed E-state index contributed by atoms with van der Waals surface area (Å²) in [5.41, 5.74) is 2.44. The maximum absolute atomic E-state index is 3.39. The Morgan fingerprint density at radius 3 is 3.29 bits per heavy atom. The Hall–Kier alpha value is -1.26. The molecule has 0 aromatic rings. The lowest BCUT2D eigenvalue weighted by atomic mass is 10.9. The van der Waals surface area contributed by atoms with Crippen LogP contribution < -0.4 is 5.43 Å². The van der Waals surface area contributed by atoms with Crippen LogP contribution in [0, 0.1) is 0 Å². The summed E-state index contributed by atoms with van der Waals surface area (Å²) in [5, 5.41) is 13.1. The van der Waals surface area contributed by atoms with E-state index in [9.17, 15) is 0 Å². The third-order valence-corrected chi connectivity index (χ3v) is 0.410. The molecule has 1 rings (SSSR count). The fourth-order valence-corrected chi connectivity index (χ4v) is 0.199. The first-order chi connectivity index (χ1) is 3.50. The van der Waals surface area contributed by atoms with Gasteiger partial charge in [0.25, 0.3) is 0 Å². The molecule has 0 atom stereocenters. The van der Waals surface area contributed by atoms with Gasteiger partial charge in [-0.2, -0.15) is 0 Å². The van der Waals surface area contributed by atoms with Crippen molar-refractivity contribution >= 4 is 0 Å². The molecule has 0 spiro atoms. The zero-order valence-corrected chi connectivity index (χ0v) is 3.44. The Labute approximate surface area is 39.8 Å². The second kappa shape index (κ2) is 2.01. The Morgan fingerprint density at radius 1 is 1.29 bits per heavy atom. The first kappa shape index (κ1) is 3.91. The van der Waals surface area contributed by atoms with Crippen molar-refractivity contribution in [1.82, 2.24) is 5.43 Å². The van der Waals surface area contributed by atoms with Crippen molar-refractivity contribution in [3.05, 3.63) is 12.4 Å². The topological polar surface area (TPSA) is 61.5 Å². The molecule has 0 aromatic carbocycles. The van der Waals surface area contributed by atoms with Crippen LogP contribution in [-0.2, 0) is 0 Å². The van der Waals surface area contributed by atoms with Crippen LogP contribution in [0.25, 0.3) is 0 Å². The molecule has 1 aliphatic rings. The summed E-state index contributed by atoms with van der Waals surface area (Å²) in [6, 6.07) is 0. The van der Waals surface area contributed by atoms with Crippen molar-refractivity contribution in [3.8, 4) is 0 Å². The van der Waals surface area contributed by atoms with E-state index in [-0.39, 0.29) is 0 Å². The van der Waals surface area contributed by atoms with E-state index in [1.807, 2.05) is 0 Å². The van der Waals surface area contributed by atoms with Gasteiger partial charge in [-0.3, -0.25) is 5.43 Å². The summed E-state index contributed by atoms with van der Waals surface area (Å²) in [7, 11) is 0. The standard InChI is InChI=1S/C2H3N5/c1-2-4-6-7-5-3-1/h1-2H,(H,3,4,7). The molecule has 1 N–H and O–H groups in total. The van der Waals surface area contributed by atoms with E-state index in [1.54, 1.807) is 0 Å². The molecule has 0 aromatic heterocycles. The smallest absolute Gasteiger partial charge is 0.0691 e. The molecule has 0 radical (unpaired) electrons. The third-order valence-electron chi connectivity index (χ3n) is 0.410. The number of hydrogen-bond acceptors (Lipinski definition) is 5. The maximum Gasteiger partial charge on any atom is 0.0691 e. The van der Waals surface area contributed by atoms with E-state index < -0.39 is 0 Å². The number of nitrogens with one attached hydrogen (secondary N) is 1. The molecule has 0 unspecified atom stereocenters. The van der Waals surface area contributed by atoms with Crippen LogP contribution >= 0.6 is 0 Å². The van der Waals surface area contributed by atoms with Crippen LogP contribution in [0.3, 0.4) is 0 Å². The lowest BCUT2D eigenvalue weighted by Crippen LogP contribution is -1.86. The third kappa shape index (κ3) is 1.08. The Balaban J connectivity index is 2.60. The zero-order chi connectivity index (χ0) is 4.95. The average Bonchev–Trinajstić information content (AvgIpc) is 1.90. The minimum Gasteiger partial charge on any atom is -0.264 e. The van der Waals surface area contributed by atoms with Crippen molar-refractivity contribution in [1.29, 1.82) is 0 Å². The summed E-state index contributed by atoms with van der Waals surface area (Å²) in [6.45, 7) is 0. The predicted molar refractivity (Wildman–Crippen MR) is 22.0 cm³/mol. The monoisotopic (exact) mass is 97.0 g/mol. The van der Waals surface area contributed by atoms with Crippen LogP contribution in [0.4, 0.5) is 0 Å². The van der Waals surface area contributed by atoms with E-state index >= 15 is 0 Å². The number of nitrogens with zero attached hydrogens (tertiary/aromatic N) is 4. The fourth-order valence-electron chi connectivity index (χ4n) is 0.199. The van der Waals surface area contributed by atoms with Crippen LogP contribution in [0.15, 0.2) is 33.2 Å². The highest BCUT2D eigenvalue weighted by Crippen LogP contribution is 1.83. The van der Waals surface area contributed by atoms with E-state index in [0.29, 0.717) is 0 Å². The van der Waals surface area contributed by atoms with Gasteiger partial charge in [-0.1, -0.05) is 0 Å². The van der Waals surface area contributed by atoms with Crippen molar-refractivity contribution in [3.63, 3.8) is 0 Å². The van der Waals surface area contributed by atoms with Crippen molar-refractivity contribution in [2.75, 3.05) is 0 Å². The van der Waals surface area contributed by atoms with Gasteiger partial charge in [0.1, 0.15) is 0 Å². The van der Waals surface area contributed by atoms with E-state index in [4.69, 9.17) is 0 Å². The van der Waals surface area contributed by atoms with Crippen molar-refractivity contribution in [2.45, 2.75) is 0 Å². The summed E-state index contributed by atoms with van der Waals surface area (Å²) >= 11 is 0. The van der Waals surface area contributed by atoms with Gasteiger partial charge in [-0.25, -0.2) is 0 Å². The van der Waals surface area contributed by atoms with Crippen LogP contribution in [0.5, 0.6) is 0 Å². The van der Waals surface area contributed by atoms with E-state index in [0.717, 1.165) is 0 Å². The molecular formula is C2H3N5. The summed E-state index contributed by atoms with van der Waals surface area (Å²) in [5.74, 6) is 0. The van der Waals surface area contributed by atoms with Gasteiger partial charge >= 0.3 is 0 Å². The number of hydrogen-bond donors (Lipinski definition) is 1. The highest BCUT2D eigenvalue weighted by Gasteiger charge is 1.70. The summed E-state index contributed by atoms with van der Waals surface area (Å²) in [4.78, 5) is 0. The van der Waals surface area contributed by atoms with Crippen LogP contribution in [0.1, 0.15) is 0 Å². The van der Waals surface area contributed by atoms with Crippen LogP contribution in [0.2, 0.25) is 0 Å². The average molecular weight is 97.1 g/mol. The Morgan fingerprint density at radius 2 is 2.29 bits per heavy atom. The van der Waals surface area contributed by atoms with Gasteiger partial charge in [0, 0.05) is 6.20 Å². The molecule has 1 aliphatic heterocycles. The van der Waals surface area contributed by atoms with Crippen molar-refractivity contribution in [2.24, 2.45) is 20.8 Å². The minimum atomic E-state index is 1.46. The lowest BCUT2D eigenvalue weighted by molar-refractivity contribution is 0.818. The van der Waals surface area contributed by atoms with Crippen LogP contribution in [-0.4, -0.2) is 0 Å². The highest BCUT2D eigenvalue weighted by atomic mass is 15.6. The first-order valence-corrected chi connectivity index (χ1v) is 1.70. The minimum absolute atomic E-state index is 1.46. The lowest BCUT2D eigenvalue weighted by Gasteiger charge is -1.74. The first-order valence-electron chi connectivity index (χ1n) is 1.70. The van der Waals surface area contributed by atoms with E-state index in [2.05, 4.69) is 26.2 Å². The molecule has 36 valence electrons. The molecule has 0 saturated carbocycles. The van der Waals surface area contributed by atoms with Gasteiger partial charge in [-0.05, 0) is 15.7 Å². The molecule has 1 heterocycles. The highest BCUT2D eigenvalue weighted by molar-refractivity contribution is 4.73. The molecule has 0 fully saturated rings. The Bertz CT molecular complexity index is 108. The predicted octanol–water partition coefficient (Wildman–Crippen LogP) is 0.795. The van der Waals surface area contributed by atoms with Gasteiger partial charge < -0.3 is 0 Å². The van der Waals surface area contributed by atoms with Crippen molar-refractivity contribution < 1.29 is 0 Å². The molecule has 0 amide bonds. The molecule has 0 aliphatic carbocycles. The molecule has 5 nitrogen and oxygen atoms in total. The normalized spacial score (nSPS) is 16.0.